The fourth-order valence-electron chi connectivity index (χ4n) is 2.51. The van der Waals surface area contributed by atoms with Crippen LogP contribution in [0.1, 0.15) is 17.0 Å². The van der Waals surface area contributed by atoms with E-state index < -0.39 is 0 Å². The summed E-state index contributed by atoms with van der Waals surface area (Å²) in [6.45, 7) is 0. The lowest BCUT2D eigenvalue weighted by Crippen LogP contribution is -2.21. The van der Waals surface area contributed by atoms with Crippen molar-refractivity contribution in [2.45, 2.75) is 5.92 Å². The molecule has 4 N–H and O–H groups in total. The molecule has 2 aromatic rings. The van der Waals surface area contributed by atoms with E-state index >= 15 is 0 Å². The molecule has 0 unspecified atom stereocenters. The second kappa shape index (κ2) is 5.30. The van der Waals surface area contributed by atoms with Gasteiger partial charge in [0.1, 0.15) is 17.4 Å². The molecule has 104 valence electrons. The van der Waals surface area contributed by atoms with Gasteiger partial charge >= 0.3 is 0 Å². The Kier molecular flexibility index (Phi) is 3.47. The Morgan fingerprint density at radius 2 is 1.95 bits per heavy atom. The first-order chi connectivity index (χ1) is 10.1. The molecule has 2 aromatic carbocycles. The Labute approximate surface area is 136 Å². The molecule has 5 heteroatoms. The maximum Gasteiger partial charge on any atom is 0.205 e. The number of allylic oxidation sites excluding steroid dienone is 1. The summed E-state index contributed by atoms with van der Waals surface area (Å²) in [5, 5.41) is 9.46. The van der Waals surface area contributed by atoms with E-state index in [1.807, 2.05) is 30.3 Å². The standard InChI is InChI=1S/C16H12IN3O/c17-10-3-1-2-9(6-10)15-12-7-11(19)4-5-14(12)21-16(20)13(15)8-18/h1-7,15H,19-20H2/t15-/m1/s1. The third-order valence-electron chi connectivity index (χ3n) is 3.42. The highest BCUT2D eigenvalue weighted by Crippen LogP contribution is 2.42. The molecule has 0 amide bonds. The van der Waals surface area contributed by atoms with Gasteiger partial charge in [-0.05, 0) is 58.5 Å². The normalized spacial score (nSPS) is 16.9. The first kappa shape index (κ1) is 13.8. The maximum absolute atomic E-state index is 9.46. The molecule has 0 aromatic heterocycles. The van der Waals surface area contributed by atoms with E-state index in [4.69, 9.17) is 16.2 Å². The van der Waals surface area contributed by atoms with E-state index in [1.165, 1.54) is 0 Å². The lowest BCUT2D eigenvalue weighted by atomic mass is 9.83. The fraction of sp³-hybridized carbons (Fsp3) is 0.0625. The third-order valence-corrected chi connectivity index (χ3v) is 4.09. The zero-order valence-electron chi connectivity index (χ0n) is 11.0. The molecular weight excluding hydrogens is 377 g/mol. The number of hydrogen-bond acceptors (Lipinski definition) is 4. The van der Waals surface area contributed by atoms with E-state index in [1.54, 1.807) is 12.1 Å². The lowest BCUT2D eigenvalue weighted by Gasteiger charge is -2.26. The summed E-state index contributed by atoms with van der Waals surface area (Å²) in [7, 11) is 0. The Balaban J connectivity index is 2.25. The first-order valence-corrected chi connectivity index (χ1v) is 7.40. The summed E-state index contributed by atoms with van der Waals surface area (Å²) in [4.78, 5) is 0. The van der Waals surface area contributed by atoms with Crippen molar-refractivity contribution in [3.63, 3.8) is 0 Å². The van der Waals surface area contributed by atoms with Crippen LogP contribution in [-0.2, 0) is 0 Å². The van der Waals surface area contributed by atoms with E-state index in [-0.39, 0.29) is 11.8 Å². The monoisotopic (exact) mass is 389 g/mol. The number of benzene rings is 2. The minimum absolute atomic E-state index is 0.152. The van der Waals surface area contributed by atoms with Crippen molar-refractivity contribution in [2.24, 2.45) is 5.73 Å². The van der Waals surface area contributed by atoms with Crippen molar-refractivity contribution >= 4 is 28.3 Å². The molecule has 0 saturated carbocycles. The molecule has 4 nitrogen and oxygen atoms in total. The van der Waals surface area contributed by atoms with Gasteiger partial charge in [-0.2, -0.15) is 5.26 Å². The molecule has 1 atom stereocenters. The predicted octanol–water partition coefficient (Wildman–Crippen LogP) is 3.09. The number of nitrogens with two attached hydrogens (primary N) is 2. The molecule has 1 heterocycles. The topological polar surface area (TPSA) is 85.1 Å². The van der Waals surface area contributed by atoms with Crippen LogP contribution in [0.4, 0.5) is 5.69 Å². The number of halogens is 1. The maximum atomic E-state index is 9.46. The van der Waals surface area contributed by atoms with Crippen molar-refractivity contribution in [1.82, 2.24) is 0 Å². The van der Waals surface area contributed by atoms with Crippen LogP contribution >= 0.6 is 22.6 Å². The van der Waals surface area contributed by atoms with Gasteiger partial charge in [0, 0.05) is 14.8 Å². The van der Waals surface area contributed by atoms with Crippen LogP contribution in [0.15, 0.2) is 53.9 Å². The molecule has 21 heavy (non-hydrogen) atoms. The highest BCUT2D eigenvalue weighted by atomic mass is 127. The van der Waals surface area contributed by atoms with Gasteiger partial charge in [0.2, 0.25) is 5.88 Å². The number of ether oxygens (including phenoxy) is 1. The molecular formula is C16H12IN3O. The zero-order chi connectivity index (χ0) is 15.0. The van der Waals surface area contributed by atoms with Gasteiger partial charge in [-0.3, -0.25) is 0 Å². The summed E-state index contributed by atoms with van der Waals surface area (Å²) in [5.41, 5.74) is 14.7. The van der Waals surface area contributed by atoms with Crippen LogP contribution in [0.25, 0.3) is 0 Å². The highest BCUT2D eigenvalue weighted by Gasteiger charge is 2.30. The Bertz CT molecular complexity index is 792. The zero-order valence-corrected chi connectivity index (χ0v) is 13.2. The quantitative estimate of drug-likeness (QED) is 0.580. The van der Waals surface area contributed by atoms with Gasteiger partial charge < -0.3 is 16.2 Å². The molecule has 0 bridgehead atoms. The van der Waals surface area contributed by atoms with Crippen LogP contribution < -0.4 is 16.2 Å². The van der Waals surface area contributed by atoms with Gasteiger partial charge in [0.05, 0.1) is 5.92 Å². The van der Waals surface area contributed by atoms with Crippen LogP contribution in [-0.4, -0.2) is 0 Å². The Morgan fingerprint density at radius 3 is 2.67 bits per heavy atom. The van der Waals surface area contributed by atoms with Gasteiger partial charge in [0.15, 0.2) is 0 Å². The van der Waals surface area contributed by atoms with Crippen molar-refractivity contribution < 1.29 is 4.74 Å². The number of hydrogen-bond donors (Lipinski definition) is 2. The Morgan fingerprint density at radius 1 is 1.14 bits per heavy atom. The summed E-state index contributed by atoms with van der Waals surface area (Å²) in [6, 6.07) is 15.5. The number of fused-ring (bicyclic) bond motifs is 1. The Hall–Kier alpha value is -2.20. The summed E-state index contributed by atoms with van der Waals surface area (Å²) in [6.07, 6.45) is 0. The van der Waals surface area contributed by atoms with Crippen LogP contribution in [0.3, 0.4) is 0 Å². The van der Waals surface area contributed by atoms with Gasteiger partial charge in [-0.1, -0.05) is 12.1 Å². The summed E-state index contributed by atoms with van der Waals surface area (Å²) >= 11 is 2.25. The molecule has 0 saturated heterocycles. The van der Waals surface area contributed by atoms with E-state index in [0.717, 1.165) is 14.7 Å². The molecule has 0 fully saturated rings. The average molecular weight is 389 g/mol. The van der Waals surface area contributed by atoms with Gasteiger partial charge in [0.25, 0.3) is 0 Å². The van der Waals surface area contributed by atoms with E-state index in [0.29, 0.717) is 17.0 Å². The number of rotatable bonds is 1. The minimum Gasteiger partial charge on any atom is -0.440 e. The third kappa shape index (κ3) is 2.43. The minimum atomic E-state index is -0.253. The van der Waals surface area contributed by atoms with Crippen molar-refractivity contribution in [3.8, 4) is 11.8 Å². The van der Waals surface area contributed by atoms with Crippen LogP contribution in [0.5, 0.6) is 5.75 Å². The SMILES string of the molecule is N#CC1=C(N)Oc2ccc(N)cc2[C@H]1c1cccc(I)c1. The molecule has 0 spiro atoms. The van der Waals surface area contributed by atoms with Gasteiger partial charge in [-0.15, -0.1) is 0 Å². The molecule has 0 radical (unpaired) electrons. The van der Waals surface area contributed by atoms with E-state index in [2.05, 4.69) is 28.7 Å². The molecule has 1 aliphatic rings. The second-order valence-corrected chi connectivity index (χ2v) is 6.02. The van der Waals surface area contributed by atoms with Crippen molar-refractivity contribution in [3.05, 3.63) is 68.6 Å². The van der Waals surface area contributed by atoms with Gasteiger partial charge in [-0.25, -0.2) is 0 Å². The summed E-state index contributed by atoms with van der Waals surface area (Å²) < 4.78 is 6.65. The molecule has 1 aliphatic heterocycles. The number of nitriles is 1. The van der Waals surface area contributed by atoms with Crippen LogP contribution in [0, 0.1) is 14.9 Å². The number of nitrogens with zero attached hydrogens (tertiary/aromatic N) is 1. The average Bonchev–Trinajstić information content (AvgIpc) is 2.46. The molecule has 0 aliphatic carbocycles. The molecule has 3 rings (SSSR count). The predicted molar refractivity (Wildman–Crippen MR) is 89.3 cm³/mol. The summed E-state index contributed by atoms with van der Waals surface area (Å²) in [5.74, 6) is 0.542. The number of anilines is 1. The van der Waals surface area contributed by atoms with Crippen molar-refractivity contribution in [1.29, 1.82) is 5.26 Å². The first-order valence-electron chi connectivity index (χ1n) is 6.32. The fourth-order valence-corrected chi connectivity index (χ4v) is 3.08. The number of nitrogen functional groups attached to an aromatic ring is 1. The second-order valence-electron chi connectivity index (χ2n) is 4.78. The lowest BCUT2D eigenvalue weighted by molar-refractivity contribution is 0.394. The van der Waals surface area contributed by atoms with Crippen molar-refractivity contribution in [2.75, 3.05) is 5.73 Å². The van der Waals surface area contributed by atoms with Crippen LogP contribution in [0.2, 0.25) is 0 Å². The smallest absolute Gasteiger partial charge is 0.205 e. The van der Waals surface area contributed by atoms with E-state index in [9.17, 15) is 5.26 Å². The highest BCUT2D eigenvalue weighted by molar-refractivity contribution is 14.1. The largest absolute Gasteiger partial charge is 0.440 e.